The van der Waals surface area contributed by atoms with Gasteiger partial charge in [0.05, 0.1) is 0 Å². The van der Waals surface area contributed by atoms with Crippen LogP contribution in [0.15, 0.2) is 0 Å². The van der Waals surface area contributed by atoms with Crippen molar-refractivity contribution in [2.45, 2.75) is 45.2 Å². The normalized spacial score (nSPS) is 22.4. The van der Waals surface area contributed by atoms with Gasteiger partial charge >= 0.3 is 0 Å². The fraction of sp³-hybridized carbons (Fsp3) is 0.933. The summed E-state index contributed by atoms with van der Waals surface area (Å²) in [5, 5.41) is 6.89. The number of carbonyl (C=O) groups is 1. The third-order valence-corrected chi connectivity index (χ3v) is 4.27. The first kappa shape index (κ1) is 15.7. The third-order valence-electron chi connectivity index (χ3n) is 4.27. The third kappa shape index (κ3) is 5.04. The van der Waals surface area contributed by atoms with E-state index in [0.717, 1.165) is 45.8 Å². The number of nitrogens with one attached hydrogen (secondary N) is 2. The van der Waals surface area contributed by atoms with Gasteiger partial charge in [0, 0.05) is 51.2 Å². The van der Waals surface area contributed by atoms with Crippen LogP contribution in [0.5, 0.6) is 0 Å². The summed E-state index contributed by atoms with van der Waals surface area (Å²) < 4.78 is 0. The molecule has 0 spiro atoms. The minimum absolute atomic E-state index is 0.328. The van der Waals surface area contributed by atoms with E-state index >= 15 is 0 Å². The van der Waals surface area contributed by atoms with Crippen LogP contribution >= 0.6 is 0 Å². The van der Waals surface area contributed by atoms with Gasteiger partial charge in [-0.1, -0.05) is 13.8 Å². The van der Waals surface area contributed by atoms with E-state index in [1.807, 2.05) is 4.90 Å². The van der Waals surface area contributed by atoms with Crippen molar-refractivity contribution in [3.63, 3.8) is 0 Å². The second-order valence-corrected chi connectivity index (χ2v) is 6.32. The van der Waals surface area contributed by atoms with Crippen LogP contribution in [0.25, 0.3) is 0 Å². The highest BCUT2D eigenvalue weighted by Crippen LogP contribution is 2.11. The van der Waals surface area contributed by atoms with Crippen LogP contribution in [0, 0.1) is 0 Å². The Morgan fingerprint density at radius 2 is 1.85 bits per heavy atom. The fourth-order valence-electron chi connectivity index (χ4n) is 3.12. The van der Waals surface area contributed by atoms with E-state index in [2.05, 4.69) is 29.4 Å². The first-order valence-corrected chi connectivity index (χ1v) is 8.12. The van der Waals surface area contributed by atoms with E-state index in [4.69, 9.17) is 0 Å². The summed E-state index contributed by atoms with van der Waals surface area (Å²) in [7, 11) is 0. The Balaban J connectivity index is 1.61. The second-order valence-electron chi connectivity index (χ2n) is 6.32. The quantitative estimate of drug-likeness (QED) is 0.760. The first-order valence-electron chi connectivity index (χ1n) is 8.12. The predicted octanol–water partition coefficient (Wildman–Crippen LogP) is 0.271. The van der Waals surface area contributed by atoms with E-state index in [-0.39, 0.29) is 0 Å². The molecular weight excluding hydrogens is 252 g/mol. The highest BCUT2D eigenvalue weighted by atomic mass is 16.2. The molecule has 2 aliphatic heterocycles. The van der Waals surface area contributed by atoms with Gasteiger partial charge in [-0.05, 0) is 25.9 Å². The SMILES string of the molecule is CC(C)NC1CCN(CCC(=O)N2CCNCC2)CC1. The van der Waals surface area contributed by atoms with Crippen molar-refractivity contribution >= 4 is 5.91 Å². The molecule has 2 aliphatic rings. The first-order chi connectivity index (χ1) is 9.65. The molecule has 2 fully saturated rings. The summed E-state index contributed by atoms with van der Waals surface area (Å²) in [6.45, 7) is 11.2. The molecule has 0 radical (unpaired) electrons. The number of hydrogen-bond acceptors (Lipinski definition) is 4. The summed E-state index contributed by atoms with van der Waals surface area (Å²) in [6, 6.07) is 1.23. The predicted molar refractivity (Wildman–Crippen MR) is 81.8 cm³/mol. The van der Waals surface area contributed by atoms with Crippen molar-refractivity contribution in [2.75, 3.05) is 45.8 Å². The Morgan fingerprint density at radius 1 is 1.20 bits per heavy atom. The largest absolute Gasteiger partial charge is 0.340 e. The monoisotopic (exact) mass is 282 g/mol. The summed E-state index contributed by atoms with van der Waals surface area (Å²) in [4.78, 5) is 16.6. The van der Waals surface area contributed by atoms with Gasteiger partial charge in [-0.2, -0.15) is 0 Å². The van der Waals surface area contributed by atoms with E-state index in [1.54, 1.807) is 0 Å². The molecule has 116 valence electrons. The standard InChI is InChI=1S/C15H30N4O/c1-13(2)17-14-3-8-18(9-4-14)10-5-15(20)19-11-6-16-7-12-19/h13-14,16-17H,3-12H2,1-2H3. The average molecular weight is 282 g/mol. The number of nitrogens with zero attached hydrogens (tertiary/aromatic N) is 2. The van der Waals surface area contributed by atoms with Gasteiger partial charge in [-0.3, -0.25) is 4.79 Å². The summed E-state index contributed by atoms with van der Waals surface area (Å²) in [6.07, 6.45) is 3.10. The van der Waals surface area contributed by atoms with Crippen LogP contribution in [-0.2, 0) is 4.79 Å². The topological polar surface area (TPSA) is 47.6 Å². The Bertz CT molecular complexity index is 294. The van der Waals surface area contributed by atoms with Gasteiger partial charge in [0.15, 0.2) is 0 Å². The number of rotatable bonds is 5. The maximum absolute atomic E-state index is 12.1. The van der Waals surface area contributed by atoms with Gasteiger partial charge in [0.2, 0.25) is 5.91 Å². The minimum atomic E-state index is 0.328. The molecule has 0 aromatic rings. The number of amides is 1. The Morgan fingerprint density at radius 3 is 2.45 bits per heavy atom. The molecule has 0 aromatic heterocycles. The zero-order chi connectivity index (χ0) is 14.4. The summed E-state index contributed by atoms with van der Waals surface area (Å²) in [5.74, 6) is 0.328. The fourth-order valence-corrected chi connectivity index (χ4v) is 3.12. The van der Waals surface area contributed by atoms with E-state index < -0.39 is 0 Å². The average Bonchev–Trinajstić information content (AvgIpc) is 2.46. The number of piperazine rings is 1. The maximum Gasteiger partial charge on any atom is 0.223 e. The van der Waals surface area contributed by atoms with Crippen LogP contribution in [0.1, 0.15) is 33.1 Å². The molecule has 2 rings (SSSR count). The lowest BCUT2D eigenvalue weighted by Crippen LogP contribution is -2.48. The lowest BCUT2D eigenvalue weighted by atomic mass is 10.0. The number of likely N-dealkylation sites (tertiary alicyclic amines) is 1. The highest BCUT2D eigenvalue weighted by Gasteiger charge is 2.21. The van der Waals surface area contributed by atoms with Crippen LogP contribution in [0.4, 0.5) is 0 Å². The molecule has 2 saturated heterocycles. The smallest absolute Gasteiger partial charge is 0.223 e. The summed E-state index contributed by atoms with van der Waals surface area (Å²) >= 11 is 0. The van der Waals surface area contributed by atoms with E-state index in [9.17, 15) is 4.79 Å². The molecule has 5 nitrogen and oxygen atoms in total. The van der Waals surface area contributed by atoms with Crippen molar-refractivity contribution in [3.05, 3.63) is 0 Å². The molecule has 5 heteroatoms. The van der Waals surface area contributed by atoms with Crippen LogP contribution in [0.2, 0.25) is 0 Å². The van der Waals surface area contributed by atoms with Crippen molar-refractivity contribution in [2.24, 2.45) is 0 Å². The molecule has 0 aliphatic carbocycles. The van der Waals surface area contributed by atoms with Gasteiger partial charge in [0.1, 0.15) is 0 Å². The minimum Gasteiger partial charge on any atom is -0.340 e. The van der Waals surface area contributed by atoms with Crippen LogP contribution in [-0.4, -0.2) is 73.6 Å². The molecule has 1 amide bonds. The molecule has 0 aromatic carbocycles. The van der Waals surface area contributed by atoms with Crippen molar-refractivity contribution in [3.8, 4) is 0 Å². The lowest BCUT2D eigenvalue weighted by Gasteiger charge is -2.34. The molecule has 0 saturated carbocycles. The van der Waals surface area contributed by atoms with Crippen molar-refractivity contribution in [1.82, 2.24) is 20.4 Å². The Labute approximate surface area is 123 Å². The van der Waals surface area contributed by atoms with Crippen molar-refractivity contribution in [1.29, 1.82) is 0 Å². The molecule has 2 N–H and O–H groups in total. The highest BCUT2D eigenvalue weighted by molar-refractivity contribution is 5.76. The van der Waals surface area contributed by atoms with Crippen molar-refractivity contribution < 1.29 is 4.79 Å². The zero-order valence-corrected chi connectivity index (χ0v) is 13.0. The van der Waals surface area contributed by atoms with Crippen LogP contribution < -0.4 is 10.6 Å². The Hall–Kier alpha value is -0.650. The van der Waals surface area contributed by atoms with Gasteiger partial charge in [-0.15, -0.1) is 0 Å². The molecule has 2 heterocycles. The number of piperidine rings is 1. The van der Waals surface area contributed by atoms with Gasteiger partial charge in [0.25, 0.3) is 0 Å². The van der Waals surface area contributed by atoms with Gasteiger partial charge in [-0.25, -0.2) is 0 Å². The van der Waals surface area contributed by atoms with Crippen LogP contribution in [0.3, 0.4) is 0 Å². The summed E-state index contributed by atoms with van der Waals surface area (Å²) in [5.41, 5.74) is 0. The van der Waals surface area contributed by atoms with E-state index in [1.165, 1.54) is 12.8 Å². The number of hydrogen-bond donors (Lipinski definition) is 2. The van der Waals surface area contributed by atoms with Gasteiger partial charge < -0.3 is 20.4 Å². The molecular formula is C15H30N4O. The molecule has 0 atom stereocenters. The second kappa shape index (κ2) is 7.96. The molecule has 0 unspecified atom stereocenters. The molecule has 20 heavy (non-hydrogen) atoms. The maximum atomic E-state index is 12.1. The Kier molecular flexibility index (Phi) is 6.26. The number of carbonyl (C=O) groups excluding carboxylic acids is 1. The lowest BCUT2D eigenvalue weighted by molar-refractivity contribution is -0.132. The van der Waals surface area contributed by atoms with E-state index in [0.29, 0.717) is 24.4 Å². The molecule has 0 bridgehead atoms. The zero-order valence-electron chi connectivity index (χ0n) is 13.0.